The van der Waals surface area contributed by atoms with Gasteiger partial charge in [0.25, 0.3) is 0 Å². The van der Waals surface area contributed by atoms with Crippen LogP contribution in [0.3, 0.4) is 0 Å². The maximum Gasteiger partial charge on any atom is 0.404 e. The first-order valence-electron chi connectivity index (χ1n) is 5.01. The van der Waals surface area contributed by atoms with E-state index in [2.05, 4.69) is 17.4 Å². The maximum atomic E-state index is 10.5. The molecule has 2 rings (SSSR count). The normalized spacial score (nSPS) is 19.3. The number of carbonyl (C=O) groups excluding carboxylic acids is 1. The number of carbonyl (C=O) groups is 1. The Morgan fingerprint density at radius 2 is 2.33 bits per heavy atom. The van der Waals surface area contributed by atoms with Crippen molar-refractivity contribution in [2.24, 2.45) is 5.73 Å². The summed E-state index contributed by atoms with van der Waals surface area (Å²) in [4.78, 5) is 10.5. The number of hydrogen-bond acceptors (Lipinski definition) is 3. The van der Waals surface area contributed by atoms with Crippen LogP contribution in [0.2, 0.25) is 0 Å². The molecule has 1 aromatic rings. The smallest absolute Gasteiger partial charge is 0.404 e. The summed E-state index contributed by atoms with van der Waals surface area (Å²) in [6.07, 6.45) is 0.295. The summed E-state index contributed by atoms with van der Waals surface area (Å²) in [5.41, 5.74) is 7.45. The Morgan fingerprint density at radius 3 is 3.13 bits per heavy atom. The molecule has 0 aromatic heterocycles. The third-order valence-corrected chi connectivity index (χ3v) is 2.61. The number of hydrogen-bond donors (Lipinski definition) is 2. The van der Waals surface area contributed by atoms with E-state index in [-0.39, 0.29) is 6.04 Å². The van der Waals surface area contributed by atoms with Gasteiger partial charge in [-0.15, -0.1) is 0 Å². The Hall–Kier alpha value is -1.55. The van der Waals surface area contributed by atoms with E-state index in [0.29, 0.717) is 6.61 Å². The first-order valence-corrected chi connectivity index (χ1v) is 5.01. The predicted octanol–water partition coefficient (Wildman–Crippen LogP) is 0.969. The summed E-state index contributed by atoms with van der Waals surface area (Å²) in [5.74, 6) is 0. The van der Waals surface area contributed by atoms with Crippen molar-refractivity contribution in [2.75, 3.05) is 13.2 Å². The van der Waals surface area contributed by atoms with Crippen LogP contribution in [0, 0.1) is 0 Å². The molecule has 0 aliphatic carbocycles. The molecule has 1 aliphatic heterocycles. The lowest BCUT2D eigenvalue weighted by Gasteiger charge is -2.26. The van der Waals surface area contributed by atoms with Crippen LogP contribution in [-0.2, 0) is 11.2 Å². The van der Waals surface area contributed by atoms with Crippen LogP contribution in [-0.4, -0.2) is 19.2 Å². The number of fused-ring (bicyclic) bond motifs is 1. The van der Waals surface area contributed by atoms with Gasteiger partial charge in [0.15, 0.2) is 0 Å². The molecular formula is C11H14N2O2. The van der Waals surface area contributed by atoms with Crippen molar-refractivity contribution >= 4 is 6.09 Å². The van der Waals surface area contributed by atoms with E-state index in [9.17, 15) is 4.79 Å². The predicted molar refractivity (Wildman–Crippen MR) is 56.4 cm³/mol. The molecule has 1 atom stereocenters. The summed E-state index contributed by atoms with van der Waals surface area (Å²) in [6.45, 7) is 1.20. The van der Waals surface area contributed by atoms with E-state index in [1.807, 2.05) is 12.1 Å². The van der Waals surface area contributed by atoms with Gasteiger partial charge in [0, 0.05) is 0 Å². The van der Waals surface area contributed by atoms with Crippen molar-refractivity contribution in [1.82, 2.24) is 5.32 Å². The van der Waals surface area contributed by atoms with Gasteiger partial charge < -0.3 is 15.8 Å². The van der Waals surface area contributed by atoms with Gasteiger partial charge in [0.1, 0.15) is 6.61 Å². The van der Waals surface area contributed by atoms with E-state index < -0.39 is 6.09 Å². The fourth-order valence-electron chi connectivity index (χ4n) is 1.91. The van der Waals surface area contributed by atoms with Crippen molar-refractivity contribution in [3.8, 4) is 0 Å². The van der Waals surface area contributed by atoms with Gasteiger partial charge in [-0.25, -0.2) is 4.79 Å². The molecule has 80 valence electrons. The fourth-order valence-corrected chi connectivity index (χ4v) is 1.91. The number of amides is 1. The first-order chi connectivity index (χ1) is 7.27. The minimum atomic E-state index is -0.722. The minimum Gasteiger partial charge on any atom is -0.448 e. The average Bonchev–Trinajstić information content (AvgIpc) is 2.26. The SMILES string of the molecule is NC(=O)OCC1NCCc2ccccc21. The van der Waals surface area contributed by atoms with E-state index in [4.69, 9.17) is 10.5 Å². The molecule has 1 unspecified atom stereocenters. The highest BCUT2D eigenvalue weighted by atomic mass is 16.5. The number of nitrogens with two attached hydrogens (primary N) is 1. The molecule has 0 saturated carbocycles. The molecule has 1 aromatic carbocycles. The highest BCUT2D eigenvalue weighted by molar-refractivity contribution is 5.64. The van der Waals surface area contributed by atoms with Gasteiger partial charge in [-0.05, 0) is 24.1 Å². The largest absolute Gasteiger partial charge is 0.448 e. The second-order valence-corrected chi connectivity index (χ2v) is 3.59. The van der Waals surface area contributed by atoms with E-state index in [0.717, 1.165) is 13.0 Å². The van der Waals surface area contributed by atoms with Crippen LogP contribution >= 0.6 is 0 Å². The van der Waals surface area contributed by atoms with Crippen LogP contribution in [0.15, 0.2) is 24.3 Å². The molecule has 1 aliphatic rings. The Balaban J connectivity index is 2.11. The number of ether oxygens (including phenoxy) is 1. The van der Waals surface area contributed by atoms with E-state index in [1.54, 1.807) is 0 Å². The zero-order valence-corrected chi connectivity index (χ0v) is 8.40. The van der Waals surface area contributed by atoms with Crippen LogP contribution in [0.1, 0.15) is 17.2 Å². The van der Waals surface area contributed by atoms with Crippen LogP contribution < -0.4 is 11.1 Å². The molecule has 0 radical (unpaired) electrons. The zero-order chi connectivity index (χ0) is 10.7. The topological polar surface area (TPSA) is 64.4 Å². The second-order valence-electron chi connectivity index (χ2n) is 3.59. The molecule has 0 fully saturated rings. The van der Waals surface area contributed by atoms with E-state index in [1.165, 1.54) is 11.1 Å². The highest BCUT2D eigenvalue weighted by Gasteiger charge is 2.19. The molecule has 0 saturated heterocycles. The van der Waals surface area contributed by atoms with Gasteiger partial charge in [-0.1, -0.05) is 24.3 Å². The van der Waals surface area contributed by atoms with Crippen LogP contribution in [0.25, 0.3) is 0 Å². The van der Waals surface area contributed by atoms with Crippen LogP contribution in [0.4, 0.5) is 4.79 Å². The standard InChI is InChI=1S/C11H14N2O2/c12-11(14)15-7-10-9-4-2-1-3-8(9)5-6-13-10/h1-4,10,13H,5-7H2,(H2,12,14). The van der Waals surface area contributed by atoms with E-state index >= 15 is 0 Å². The Morgan fingerprint density at radius 1 is 1.53 bits per heavy atom. The van der Waals surface area contributed by atoms with Gasteiger partial charge >= 0.3 is 6.09 Å². The van der Waals surface area contributed by atoms with Crippen LogP contribution in [0.5, 0.6) is 0 Å². The Kier molecular flexibility index (Phi) is 2.87. The number of benzene rings is 1. The lowest BCUT2D eigenvalue weighted by molar-refractivity contribution is 0.142. The summed E-state index contributed by atoms with van der Waals surface area (Å²) in [5, 5.41) is 3.30. The molecule has 3 N–H and O–H groups in total. The van der Waals surface area contributed by atoms with Crippen molar-refractivity contribution < 1.29 is 9.53 Å². The zero-order valence-electron chi connectivity index (χ0n) is 8.40. The van der Waals surface area contributed by atoms with Crippen molar-refractivity contribution in [3.05, 3.63) is 35.4 Å². The maximum absolute atomic E-state index is 10.5. The number of rotatable bonds is 2. The second kappa shape index (κ2) is 4.31. The third kappa shape index (κ3) is 2.27. The Labute approximate surface area is 88.4 Å². The van der Waals surface area contributed by atoms with Gasteiger partial charge in [0.2, 0.25) is 0 Å². The molecule has 1 heterocycles. The monoisotopic (exact) mass is 206 g/mol. The number of nitrogens with one attached hydrogen (secondary N) is 1. The summed E-state index contributed by atoms with van der Waals surface area (Å²) in [6, 6.07) is 8.24. The minimum absolute atomic E-state index is 0.0717. The molecule has 4 nitrogen and oxygen atoms in total. The van der Waals surface area contributed by atoms with Gasteiger partial charge in [-0.3, -0.25) is 0 Å². The number of primary amides is 1. The summed E-state index contributed by atoms with van der Waals surface area (Å²) < 4.78 is 4.81. The molecule has 0 bridgehead atoms. The lowest BCUT2D eigenvalue weighted by atomic mass is 9.95. The lowest BCUT2D eigenvalue weighted by Crippen LogP contribution is -2.34. The van der Waals surface area contributed by atoms with Gasteiger partial charge in [-0.2, -0.15) is 0 Å². The van der Waals surface area contributed by atoms with Crippen molar-refractivity contribution in [2.45, 2.75) is 12.5 Å². The molecular weight excluding hydrogens is 192 g/mol. The van der Waals surface area contributed by atoms with Crippen molar-refractivity contribution in [1.29, 1.82) is 0 Å². The molecule has 0 spiro atoms. The van der Waals surface area contributed by atoms with Gasteiger partial charge in [0.05, 0.1) is 6.04 Å². The highest BCUT2D eigenvalue weighted by Crippen LogP contribution is 2.22. The quantitative estimate of drug-likeness (QED) is 0.757. The Bertz CT molecular complexity index is 365. The summed E-state index contributed by atoms with van der Waals surface area (Å²) >= 11 is 0. The fraction of sp³-hybridized carbons (Fsp3) is 0.364. The molecule has 4 heteroatoms. The summed E-state index contributed by atoms with van der Waals surface area (Å²) in [7, 11) is 0. The first kappa shape index (κ1) is 9.98. The van der Waals surface area contributed by atoms with Crippen molar-refractivity contribution in [3.63, 3.8) is 0 Å². The average molecular weight is 206 g/mol. The molecule has 1 amide bonds. The third-order valence-electron chi connectivity index (χ3n) is 2.61. The molecule has 15 heavy (non-hydrogen) atoms.